The molecule has 1 N–H and O–H groups in total. The SMILES string of the molecule is CC(C)COC(=O)c1ccc(NC(=O)C2C3CC4OC(=O)C2C4C3)cc1. The van der Waals surface area contributed by atoms with E-state index < -0.39 is 0 Å². The summed E-state index contributed by atoms with van der Waals surface area (Å²) < 4.78 is 10.6. The lowest BCUT2D eigenvalue weighted by molar-refractivity contribution is -0.145. The Balaban J connectivity index is 1.39. The first-order chi connectivity index (χ1) is 12.4. The number of hydrogen-bond donors (Lipinski definition) is 1. The third kappa shape index (κ3) is 2.87. The van der Waals surface area contributed by atoms with Crippen molar-refractivity contribution in [3.05, 3.63) is 29.8 Å². The Kier molecular flexibility index (Phi) is 4.21. The van der Waals surface area contributed by atoms with Crippen LogP contribution in [0.25, 0.3) is 0 Å². The highest BCUT2D eigenvalue weighted by atomic mass is 16.6. The highest BCUT2D eigenvalue weighted by molar-refractivity contribution is 5.97. The summed E-state index contributed by atoms with van der Waals surface area (Å²) in [5.41, 5.74) is 1.06. The first-order valence-corrected chi connectivity index (χ1v) is 9.22. The molecule has 138 valence electrons. The minimum Gasteiger partial charge on any atom is -0.462 e. The van der Waals surface area contributed by atoms with E-state index in [0.29, 0.717) is 17.9 Å². The largest absolute Gasteiger partial charge is 0.462 e. The molecule has 1 aliphatic heterocycles. The molecule has 1 heterocycles. The van der Waals surface area contributed by atoms with Gasteiger partial charge in [0, 0.05) is 11.6 Å². The van der Waals surface area contributed by atoms with Crippen molar-refractivity contribution >= 4 is 23.5 Å². The Morgan fingerprint density at radius 1 is 1.23 bits per heavy atom. The predicted octanol–water partition coefficient (Wildman–Crippen LogP) is 2.64. The zero-order valence-electron chi connectivity index (χ0n) is 14.9. The van der Waals surface area contributed by atoms with E-state index in [0.717, 1.165) is 12.8 Å². The molecule has 3 aliphatic rings. The number of carbonyl (C=O) groups excluding carboxylic acids is 3. The van der Waals surface area contributed by atoms with Crippen molar-refractivity contribution in [2.75, 3.05) is 11.9 Å². The van der Waals surface area contributed by atoms with Gasteiger partial charge in [-0.1, -0.05) is 13.8 Å². The Hall–Kier alpha value is -2.37. The van der Waals surface area contributed by atoms with Crippen LogP contribution in [0.2, 0.25) is 0 Å². The summed E-state index contributed by atoms with van der Waals surface area (Å²) in [6, 6.07) is 6.65. The molecule has 5 unspecified atom stereocenters. The standard InChI is InChI=1S/C20H23NO5/c1-10(2)9-25-19(23)11-3-5-13(6-4-11)21-18(22)16-12-7-14-15(8-12)26-20(24)17(14)16/h3-6,10,12,14-17H,7-9H2,1-2H3,(H,21,22). The van der Waals surface area contributed by atoms with E-state index in [4.69, 9.17) is 9.47 Å². The van der Waals surface area contributed by atoms with Crippen LogP contribution in [0.4, 0.5) is 5.69 Å². The van der Waals surface area contributed by atoms with Gasteiger partial charge in [0.1, 0.15) is 6.10 Å². The molecule has 3 fully saturated rings. The maximum Gasteiger partial charge on any atom is 0.338 e. The molecule has 6 heteroatoms. The van der Waals surface area contributed by atoms with Crippen molar-refractivity contribution in [3.63, 3.8) is 0 Å². The van der Waals surface area contributed by atoms with Gasteiger partial charge in [-0.15, -0.1) is 0 Å². The molecule has 2 saturated carbocycles. The van der Waals surface area contributed by atoms with E-state index >= 15 is 0 Å². The number of carbonyl (C=O) groups is 3. The van der Waals surface area contributed by atoms with Crippen molar-refractivity contribution < 1.29 is 23.9 Å². The molecule has 4 rings (SSSR count). The zero-order chi connectivity index (χ0) is 18.4. The van der Waals surface area contributed by atoms with Crippen LogP contribution in [0.3, 0.4) is 0 Å². The highest BCUT2D eigenvalue weighted by Crippen LogP contribution is 2.57. The third-order valence-corrected chi connectivity index (χ3v) is 5.72. The molecule has 1 amide bonds. The molecular formula is C20H23NO5. The van der Waals surface area contributed by atoms with Crippen LogP contribution in [0, 0.1) is 29.6 Å². The number of anilines is 1. The molecule has 2 bridgehead atoms. The van der Waals surface area contributed by atoms with E-state index in [2.05, 4.69) is 5.32 Å². The summed E-state index contributed by atoms with van der Waals surface area (Å²) in [6.07, 6.45) is 1.73. The molecule has 5 atom stereocenters. The second-order valence-corrected chi connectivity index (χ2v) is 7.98. The minimum atomic E-state index is -0.371. The number of hydrogen-bond acceptors (Lipinski definition) is 5. The molecule has 1 saturated heterocycles. The lowest BCUT2D eigenvalue weighted by Gasteiger charge is -2.23. The zero-order valence-corrected chi connectivity index (χ0v) is 14.9. The van der Waals surface area contributed by atoms with Crippen molar-refractivity contribution in [1.82, 2.24) is 0 Å². The maximum atomic E-state index is 12.7. The van der Waals surface area contributed by atoms with Gasteiger partial charge < -0.3 is 14.8 Å². The summed E-state index contributed by atoms with van der Waals surface area (Å²) in [7, 11) is 0. The second kappa shape index (κ2) is 6.41. The van der Waals surface area contributed by atoms with E-state index in [9.17, 15) is 14.4 Å². The first kappa shape index (κ1) is 17.1. The number of rotatable bonds is 5. The van der Waals surface area contributed by atoms with Crippen LogP contribution in [0.5, 0.6) is 0 Å². The summed E-state index contributed by atoms with van der Waals surface area (Å²) in [4.78, 5) is 36.7. The van der Waals surface area contributed by atoms with Crippen molar-refractivity contribution in [1.29, 1.82) is 0 Å². The number of benzene rings is 1. The fourth-order valence-corrected chi connectivity index (χ4v) is 4.60. The van der Waals surface area contributed by atoms with Gasteiger partial charge in [-0.05, 0) is 48.9 Å². The molecule has 0 aromatic heterocycles. The summed E-state index contributed by atoms with van der Waals surface area (Å²) >= 11 is 0. The molecule has 0 spiro atoms. The van der Waals surface area contributed by atoms with E-state index in [1.165, 1.54) is 0 Å². The van der Waals surface area contributed by atoms with Gasteiger partial charge >= 0.3 is 11.9 Å². The van der Waals surface area contributed by atoms with Gasteiger partial charge in [0.05, 0.1) is 24.0 Å². The average molecular weight is 357 g/mol. The summed E-state index contributed by atoms with van der Waals surface area (Å²) in [6.45, 7) is 4.33. The van der Waals surface area contributed by atoms with Crippen molar-refractivity contribution in [2.45, 2.75) is 32.8 Å². The first-order valence-electron chi connectivity index (χ1n) is 9.22. The van der Waals surface area contributed by atoms with E-state index in [1.54, 1.807) is 24.3 Å². The van der Waals surface area contributed by atoms with Crippen LogP contribution in [0.1, 0.15) is 37.0 Å². The van der Waals surface area contributed by atoms with Gasteiger partial charge in [0.25, 0.3) is 0 Å². The van der Waals surface area contributed by atoms with Crippen molar-refractivity contribution in [3.8, 4) is 0 Å². The van der Waals surface area contributed by atoms with Crippen LogP contribution >= 0.6 is 0 Å². The van der Waals surface area contributed by atoms with Crippen LogP contribution < -0.4 is 5.32 Å². The Morgan fingerprint density at radius 2 is 1.96 bits per heavy atom. The summed E-state index contributed by atoms with van der Waals surface area (Å²) in [5, 5.41) is 2.89. The van der Waals surface area contributed by atoms with Gasteiger partial charge in [0.2, 0.25) is 5.91 Å². The van der Waals surface area contributed by atoms with Gasteiger partial charge in [0.15, 0.2) is 0 Å². The van der Waals surface area contributed by atoms with Crippen LogP contribution in [-0.4, -0.2) is 30.6 Å². The number of fused-ring (bicyclic) bond motifs is 1. The number of esters is 2. The molecular weight excluding hydrogens is 334 g/mol. The summed E-state index contributed by atoms with van der Waals surface area (Å²) in [5.74, 6) is -0.595. The number of nitrogens with one attached hydrogen (secondary N) is 1. The lowest BCUT2D eigenvalue weighted by Crippen LogP contribution is -2.35. The second-order valence-electron chi connectivity index (χ2n) is 7.98. The average Bonchev–Trinajstić information content (AvgIpc) is 3.22. The molecule has 1 aromatic rings. The third-order valence-electron chi connectivity index (χ3n) is 5.72. The molecule has 26 heavy (non-hydrogen) atoms. The van der Waals surface area contributed by atoms with Gasteiger partial charge in [-0.3, -0.25) is 9.59 Å². The number of amides is 1. The van der Waals surface area contributed by atoms with E-state index in [-0.39, 0.29) is 53.5 Å². The Morgan fingerprint density at radius 3 is 2.65 bits per heavy atom. The molecule has 0 radical (unpaired) electrons. The molecule has 6 nitrogen and oxygen atoms in total. The predicted molar refractivity (Wildman–Crippen MR) is 93.3 cm³/mol. The lowest BCUT2D eigenvalue weighted by atomic mass is 9.79. The smallest absolute Gasteiger partial charge is 0.338 e. The highest BCUT2D eigenvalue weighted by Gasteiger charge is 2.63. The minimum absolute atomic E-state index is 0.0256. The topological polar surface area (TPSA) is 81.7 Å². The fraction of sp³-hybridized carbons (Fsp3) is 0.550. The number of ether oxygens (including phenoxy) is 2. The Labute approximate surface area is 152 Å². The monoisotopic (exact) mass is 357 g/mol. The van der Waals surface area contributed by atoms with Gasteiger partial charge in [-0.25, -0.2) is 4.79 Å². The fourth-order valence-electron chi connectivity index (χ4n) is 4.60. The van der Waals surface area contributed by atoms with Crippen LogP contribution in [-0.2, 0) is 19.1 Å². The molecule has 1 aromatic carbocycles. The van der Waals surface area contributed by atoms with Gasteiger partial charge in [-0.2, -0.15) is 0 Å². The van der Waals surface area contributed by atoms with Crippen LogP contribution in [0.15, 0.2) is 24.3 Å². The molecule has 2 aliphatic carbocycles. The Bertz CT molecular complexity index is 739. The normalized spacial score (nSPS) is 31.2. The van der Waals surface area contributed by atoms with E-state index in [1.807, 2.05) is 13.8 Å². The maximum absolute atomic E-state index is 12.7. The quantitative estimate of drug-likeness (QED) is 0.819. The van der Waals surface area contributed by atoms with Crippen molar-refractivity contribution in [2.24, 2.45) is 29.6 Å².